The molecule has 2 N–H and O–H groups in total. The van der Waals surface area contributed by atoms with Crippen LogP contribution in [0.5, 0.6) is 5.75 Å². The Labute approximate surface area is 239 Å². The second-order valence-electron chi connectivity index (χ2n) is 9.37. The summed E-state index contributed by atoms with van der Waals surface area (Å²) < 4.78 is 5.28. The highest BCUT2D eigenvalue weighted by molar-refractivity contribution is 6.11. The molecule has 0 unspecified atom stereocenters. The van der Waals surface area contributed by atoms with Crippen molar-refractivity contribution in [3.8, 4) is 5.75 Å². The van der Waals surface area contributed by atoms with E-state index in [1.165, 1.54) is 6.08 Å². The number of carbonyl (C=O) groups is 3. The summed E-state index contributed by atoms with van der Waals surface area (Å²) in [5.74, 6) is -0.475. The molecule has 4 rings (SSSR count). The molecule has 41 heavy (non-hydrogen) atoms. The van der Waals surface area contributed by atoms with Crippen LogP contribution in [-0.4, -0.2) is 38.8 Å². The number of hydrogen-bond donors (Lipinski definition) is 2. The van der Waals surface area contributed by atoms with Gasteiger partial charge in [0.1, 0.15) is 11.4 Å². The predicted molar refractivity (Wildman–Crippen MR) is 164 cm³/mol. The van der Waals surface area contributed by atoms with Crippen LogP contribution in [0.1, 0.15) is 31.8 Å². The molecule has 0 spiro atoms. The lowest BCUT2D eigenvalue weighted by molar-refractivity contribution is -0.113. The molecule has 206 valence electrons. The number of methoxy groups -OCH3 is 1. The van der Waals surface area contributed by atoms with Gasteiger partial charge < -0.3 is 20.3 Å². The third kappa shape index (κ3) is 8.03. The minimum Gasteiger partial charge on any atom is -0.497 e. The summed E-state index contributed by atoms with van der Waals surface area (Å²) in [6.45, 7) is 0. The smallest absolute Gasteiger partial charge is 0.272 e. The van der Waals surface area contributed by atoms with Crippen LogP contribution in [0.25, 0.3) is 12.2 Å². The van der Waals surface area contributed by atoms with Crippen LogP contribution in [0.3, 0.4) is 0 Å². The summed E-state index contributed by atoms with van der Waals surface area (Å²) in [6.07, 6.45) is 4.86. The largest absolute Gasteiger partial charge is 0.497 e. The van der Waals surface area contributed by atoms with E-state index in [9.17, 15) is 14.4 Å². The first-order valence-corrected chi connectivity index (χ1v) is 13.0. The molecule has 7 heteroatoms. The highest BCUT2D eigenvalue weighted by Crippen LogP contribution is 2.18. The van der Waals surface area contributed by atoms with Gasteiger partial charge in [-0.05, 0) is 83.9 Å². The molecule has 0 bridgehead atoms. The maximum Gasteiger partial charge on any atom is 0.272 e. The highest BCUT2D eigenvalue weighted by Gasteiger charge is 2.15. The standard InChI is InChI=1S/C34H31N3O4/c1-37(2)29-19-12-24(13-20-29)14-21-32(38)26-15-17-28(18-16-26)35-34(40)31(23-25-8-7-11-30(22-25)41-3)36-33(39)27-9-5-4-6-10-27/h4-23H,1-3H3,(H,35,40)(H,36,39)/b21-14+,31-23-. The van der Waals surface area contributed by atoms with Crippen molar-refractivity contribution < 1.29 is 19.1 Å². The number of nitrogens with one attached hydrogen (secondary N) is 2. The maximum atomic E-state index is 13.3. The molecular formula is C34H31N3O4. The van der Waals surface area contributed by atoms with E-state index in [4.69, 9.17) is 4.74 Å². The number of hydrogen-bond acceptors (Lipinski definition) is 5. The number of amides is 2. The lowest BCUT2D eigenvalue weighted by atomic mass is 10.1. The molecule has 0 aliphatic heterocycles. The predicted octanol–water partition coefficient (Wildman–Crippen LogP) is 6.07. The minimum atomic E-state index is -0.516. The Balaban J connectivity index is 1.48. The van der Waals surface area contributed by atoms with E-state index in [1.807, 2.05) is 49.3 Å². The zero-order chi connectivity index (χ0) is 29.2. The third-order valence-corrected chi connectivity index (χ3v) is 6.20. The summed E-state index contributed by atoms with van der Waals surface area (Å²) >= 11 is 0. The van der Waals surface area contributed by atoms with Gasteiger partial charge in [-0.1, -0.05) is 48.5 Å². The van der Waals surface area contributed by atoms with E-state index in [0.717, 1.165) is 11.3 Å². The molecule has 4 aromatic carbocycles. The molecule has 4 aromatic rings. The second-order valence-corrected chi connectivity index (χ2v) is 9.37. The summed E-state index contributed by atoms with van der Waals surface area (Å²) in [4.78, 5) is 40.8. The first-order chi connectivity index (χ1) is 19.8. The van der Waals surface area contributed by atoms with Gasteiger partial charge in [-0.3, -0.25) is 14.4 Å². The Hall–Kier alpha value is -5.43. The van der Waals surface area contributed by atoms with Crippen molar-refractivity contribution in [3.05, 3.63) is 137 Å². The van der Waals surface area contributed by atoms with Gasteiger partial charge in [0.25, 0.3) is 11.8 Å². The van der Waals surface area contributed by atoms with Crippen molar-refractivity contribution >= 4 is 41.1 Å². The van der Waals surface area contributed by atoms with Crippen LogP contribution in [0.4, 0.5) is 11.4 Å². The van der Waals surface area contributed by atoms with Gasteiger partial charge >= 0.3 is 0 Å². The summed E-state index contributed by atoms with van der Waals surface area (Å²) in [6, 6.07) is 30.2. The quantitative estimate of drug-likeness (QED) is 0.187. The fourth-order valence-corrected chi connectivity index (χ4v) is 3.91. The van der Waals surface area contributed by atoms with Crippen LogP contribution in [0, 0.1) is 0 Å². The van der Waals surface area contributed by atoms with Gasteiger partial charge in [0.05, 0.1) is 7.11 Å². The first-order valence-electron chi connectivity index (χ1n) is 13.0. The lowest BCUT2D eigenvalue weighted by Crippen LogP contribution is -2.30. The number of ether oxygens (including phenoxy) is 1. The van der Waals surface area contributed by atoms with Gasteiger partial charge in [0, 0.05) is 36.6 Å². The molecule has 0 aliphatic carbocycles. The van der Waals surface area contributed by atoms with Crippen LogP contribution in [0.15, 0.2) is 115 Å². The van der Waals surface area contributed by atoms with Crippen molar-refractivity contribution in [2.24, 2.45) is 0 Å². The molecule has 0 fully saturated rings. The lowest BCUT2D eigenvalue weighted by Gasteiger charge is -2.12. The summed E-state index contributed by atoms with van der Waals surface area (Å²) in [5, 5.41) is 5.51. The van der Waals surface area contributed by atoms with Crippen molar-refractivity contribution in [1.82, 2.24) is 5.32 Å². The van der Waals surface area contributed by atoms with E-state index in [-0.39, 0.29) is 11.5 Å². The fourth-order valence-electron chi connectivity index (χ4n) is 3.91. The molecule has 0 saturated carbocycles. The zero-order valence-electron chi connectivity index (χ0n) is 23.1. The van der Waals surface area contributed by atoms with Gasteiger partial charge in [-0.2, -0.15) is 0 Å². The topological polar surface area (TPSA) is 87.7 Å². The van der Waals surface area contributed by atoms with E-state index in [1.54, 1.807) is 92.1 Å². The molecule has 0 heterocycles. The molecule has 0 aliphatic rings. The Morgan fingerprint density at radius 3 is 2.12 bits per heavy atom. The van der Waals surface area contributed by atoms with Gasteiger partial charge in [-0.25, -0.2) is 0 Å². The number of allylic oxidation sites excluding steroid dienone is 1. The molecule has 7 nitrogen and oxygen atoms in total. The molecule has 0 atom stereocenters. The monoisotopic (exact) mass is 545 g/mol. The second kappa shape index (κ2) is 13.6. The van der Waals surface area contributed by atoms with Gasteiger partial charge in [0.2, 0.25) is 0 Å². The van der Waals surface area contributed by atoms with Gasteiger partial charge in [0.15, 0.2) is 5.78 Å². The third-order valence-electron chi connectivity index (χ3n) is 6.20. The Morgan fingerprint density at radius 2 is 1.46 bits per heavy atom. The van der Waals surface area contributed by atoms with Crippen LogP contribution < -0.4 is 20.3 Å². The normalized spacial score (nSPS) is 11.1. The molecular weight excluding hydrogens is 514 g/mol. The maximum absolute atomic E-state index is 13.3. The van der Waals surface area contributed by atoms with Crippen molar-refractivity contribution in [2.75, 3.05) is 31.4 Å². The number of ketones is 1. The molecule has 0 radical (unpaired) electrons. The fraction of sp³-hybridized carbons (Fsp3) is 0.0882. The van der Waals surface area contributed by atoms with Crippen LogP contribution in [0.2, 0.25) is 0 Å². The number of anilines is 2. The van der Waals surface area contributed by atoms with E-state index in [0.29, 0.717) is 28.1 Å². The average molecular weight is 546 g/mol. The van der Waals surface area contributed by atoms with E-state index in [2.05, 4.69) is 10.6 Å². The number of carbonyl (C=O) groups excluding carboxylic acids is 3. The molecule has 0 saturated heterocycles. The summed E-state index contributed by atoms with van der Waals surface area (Å²) in [7, 11) is 5.50. The molecule has 0 aromatic heterocycles. The molecule has 2 amide bonds. The number of nitrogens with zero attached hydrogens (tertiary/aromatic N) is 1. The highest BCUT2D eigenvalue weighted by atomic mass is 16.5. The van der Waals surface area contributed by atoms with Crippen LogP contribution >= 0.6 is 0 Å². The van der Waals surface area contributed by atoms with E-state index < -0.39 is 11.8 Å². The Kier molecular flexibility index (Phi) is 9.46. The van der Waals surface area contributed by atoms with Gasteiger partial charge in [-0.15, -0.1) is 0 Å². The van der Waals surface area contributed by atoms with Crippen molar-refractivity contribution in [2.45, 2.75) is 0 Å². The average Bonchev–Trinajstić information content (AvgIpc) is 3.00. The Morgan fingerprint density at radius 1 is 0.756 bits per heavy atom. The van der Waals surface area contributed by atoms with E-state index >= 15 is 0 Å². The van der Waals surface area contributed by atoms with Crippen LogP contribution in [-0.2, 0) is 4.79 Å². The number of benzene rings is 4. The number of rotatable bonds is 10. The Bertz CT molecular complexity index is 1570. The first kappa shape index (κ1) is 28.6. The summed E-state index contributed by atoms with van der Waals surface area (Å²) in [5.41, 5.74) is 4.09. The zero-order valence-corrected chi connectivity index (χ0v) is 23.1. The van der Waals surface area contributed by atoms with Crippen molar-refractivity contribution in [3.63, 3.8) is 0 Å². The SMILES string of the molecule is COc1cccc(/C=C(\NC(=O)c2ccccc2)C(=O)Nc2ccc(C(=O)/C=C/c3ccc(N(C)C)cc3)cc2)c1. The van der Waals surface area contributed by atoms with Crippen molar-refractivity contribution in [1.29, 1.82) is 0 Å². The minimum absolute atomic E-state index is 0.0514.